The lowest BCUT2D eigenvalue weighted by molar-refractivity contribution is -0.385. The number of hydrogen-bond acceptors (Lipinski definition) is 8. The lowest BCUT2D eigenvalue weighted by atomic mass is 10.00. The van der Waals surface area contributed by atoms with Crippen molar-refractivity contribution < 1.29 is 14.8 Å². The van der Waals surface area contributed by atoms with Gasteiger partial charge in [-0.3, -0.25) is 10.1 Å². The fourth-order valence-corrected chi connectivity index (χ4v) is 3.58. The Labute approximate surface area is 194 Å². The van der Waals surface area contributed by atoms with Gasteiger partial charge in [-0.05, 0) is 29.3 Å². The van der Waals surface area contributed by atoms with E-state index >= 15 is 0 Å². The number of aromatic carboxylic acids is 1. The fourth-order valence-electron chi connectivity index (χ4n) is 3.58. The van der Waals surface area contributed by atoms with Crippen molar-refractivity contribution in [3.8, 4) is 11.3 Å². The Morgan fingerprint density at radius 2 is 1.79 bits per heavy atom. The molecule has 10 nitrogen and oxygen atoms in total. The van der Waals surface area contributed by atoms with E-state index in [2.05, 4.69) is 25.6 Å². The minimum atomic E-state index is -1.07. The Hall–Kier alpha value is -4.60. The zero-order chi connectivity index (χ0) is 24.1. The van der Waals surface area contributed by atoms with Gasteiger partial charge in [0.15, 0.2) is 0 Å². The molecule has 0 bridgehead atoms. The van der Waals surface area contributed by atoms with Crippen LogP contribution in [0.4, 0.5) is 17.5 Å². The summed E-state index contributed by atoms with van der Waals surface area (Å²) in [6.45, 7) is 2.72. The molecule has 0 atom stereocenters. The van der Waals surface area contributed by atoms with Gasteiger partial charge in [-0.15, -0.1) is 0 Å². The molecular weight excluding hydrogens is 436 g/mol. The van der Waals surface area contributed by atoms with E-state index in [1.807, 2.05) is 49.4 Å². The average molecular weight is 458 g/mol. The molecular formula is C24H22N6O4. The summed E-state index contributed by atoms with van der Waals surface area (Å²) >= 11 is 0. The molecule has 0 aliphatic heterocycles. The fraction of sp³-hybridized carbons (Fsp3) is 0.167. The van der Waals surface area contributed by atoms with Crippen molar-refractivity contribution in [3.63, 3.8) is 0 Å². The third-order valence-corrected chi connectivity index (χ3v) is 5.23. The summed E-state index contributed by atoms with van der Waals surface area (Å²) in [6.07, 6.45) is 1.62. The number of nitro groups is 1. The van der Waals surface area contributed by atoms with Crippen molar-refractivity contribution >= 4 is 34.2 Å². The monoisotopic (exact) mass is 458 g/mol. The number of aromatic nitrogens is 3. The van der Waals surface area contributed by atoms with Gasteiger partial charge in [0.1, 0.15) is 17.6 Å². The van der Waals surface area contributed by atoms with Crippen molar-refractivity contribution in [2.45, 2.75) is 13.3 Å². The molecule has 3 N–H and O–H groups in total. The molecule has 2 aromatic carbocycles. The van der Waals surface area contributed by atoms with E-state index in [0.29, 0.717) is 48.2 Å². The summed E-state index contributed by atoms with van der Waals surface area (Å²) in [5.41, 5.74) is 1.51. The first kappa shape index (κ1) is 22.6. The van der Waals surface area contributed by atoms with E-state index in [1.165, 1.54) is 18.3 Å². The van der Waals surface area contributed by atoms with E-state index in [0.717, 1.165) is 10.8 Å². The Morgan fingerprint density at radius 1 is 1.03 bits per heavy atom. The highest BCUT2D eigenvalue weighted by Crippen LogP contribution is 2.28. The number of rotatable bonds is 9. The topological polar surface area (TPSA) is 143 Å². The maximum Gasteiger partial charge on any atom is 0.339 e. The van der Waals surface area contributed by atoms with Gasteiger partial charge in [0.25, 0.3) is 5.69 Å². The molecule has 172 valence electrons. The number of hydrogen-bond donors (Lipinski definition) is 3. The van der Waals surface area contributed by atoms with Crippen LogP contribution in [0.2, 0.25) is 0 Å². The van der Waals surface area contributed by atoms with Crippen LogP contribution in [0.5, 0.6) is 0 Å². The molecule has 0 radical (unpaired) electrons. The molecule has 2 heterocycles. The van der Waals surface area contributed by atoms with Gasteiger partial charge < -0.3 is 15.7 Å². The van der Waals surface area contributed by atoms with Gasteiger partial charge >= 0.3 is 5.97 Å². The van der Waals surface area contributed by atoms with Crippen LogP contribution in [0.1, 0.15) is 23.0 Å². The highest BCUT2D eigenvalue weighted by Gasteiger charge is 2.21. The Bertz CT molecular complexity index is 1360. The number of carboxylic acids is 1. The van der Waals surface area contributed by atoms with Gasteiger partial charge in [0, 0.05) is 24.7 Å². The van der Waals surface area contributed by atoms with E-state index in [4.69, 9.17) is 0 Å². The van der Waals surface area contributed by atoms with Crippen molar-refractivity contribution in [3.05, 3.63) is 82.2 Å². The van der Waals surface area contributed by atoms with E-state index in [1.54, 1.807) is 0 Å². The first-order chi connectivity index (χ1) is 16.5. The molecule has 4 aromatic rings. The number of fused-ring (bicyclic) bond motifs is 1. The predicted octanol–water partition coefficient (Wildman–Crippen LogP) is 4.38. The molecule has 2 aromatic heterocycles. The second-order valence-electron chi connectivity index (χ2n) is 7.45. The molecule has 0 aliphatic carbocycles. The van der Waals surface area contributed by atoms with Crippen molar-refractivity contribution in [1.29, 1.82) is 0 Å². The maximum absolute atomic E-state index is 12.1. The summed E-state index contributed by atoms with van der Waals surface area (Å²) in [7, 11) is 0. The second-order valence-corrected chi connectivity index (χ2v) is 7.45. The number of nitrogens with zero attached hydrogens (tertiary/aromatic N) is 4. The van der Waals surface area contributed by atoms with Crippen LogP contribution in [0, 0.1) is 10.1 Å². The van der Waals surface area contributed by atoms with Crippen LogP contribution >= 0.6 is 0 Å². The number of carbonyl (C=O) groups is 1. The van der Waals surface area contributed by atoms with Gasteiger partial charge in [-0.2, -0.15) is 0 Å². The van der Waals surface area contributed by atoms with Crippen LogP contribution in [-0.2, 0) is 6.42 Å². The van der Waals surface area contributed by atoms with Gasteiger partial charge in [-0.1, -0.05) is 43.3 Å². The molecule has 4 rings (SSSR count). The van der Waals surface area contributed by atoms with Crippen LogP contribution in [0.25, 0.3) is 22.0 Å². The first-order valence-corrected chi connectivity index (χ1v) is 10.7. The zero-order valence-electron chi connectivity index (χ0n) is 18.4. The molecule has 0 saturated carbocycles. The summed E-state index contributed by atoms with van der Waals surface area (Å²) in [4.78, 5) is 35.2. The van der Waals surface area contributed by atoms with Crippen molar-refractivity contribution in [2.75, 3.05) is 23.7 Å². The smallest absolute Gasteiger partial charge is 0.339 e. The summed E-state index contributed by atoms with van der Waals surface area (Å²) in [5, 5.41) is 28.8. The molecule has 0 unspecified atom stereocenters. The number of pyridine rings is 1. The third-order valence-electron chi connectivity index (χ3n) is 5.23. The maximum atomic E-state index is 12.1. The van der Waals surface area contributed by atoms with Crippen LogP contribution in [-0.4, -0.2) is 44.0 Å². The van der Waals surface area contributed by atoms with E-state index < -0.39 is 10.9 Å². The van der Waals surface area contributed by atoms with Crippen LogP contribution in [0.15, 0.2) is 60.8 Å². The minimum absolute atomic E-state index is 0.0797. The Kier molecular flexibility index (Phi) is 6.58. The molecule has 0 aliphatic rings. The molecule has 0 fully saturated rings. The molecule has 10 heteroatoms. The van der Waals surface area contributed by atoms with Gasteiger partial charge in [-0.25, -0.2) is 19.7 Å². The second kappa shape index (κ2) is 9.90. The number of aryl methyl sites for hydroxylation is 1. The molecule has 34 heavy (non-hydrogen) atoms. The lowest BCUT2D eigenvalue weighted by Crippen LogP contribution is -2.18. The van der Waals surface area contributed by atoms with Crippen LogP contribution in [0.3, 0.4) is 0 Å². The summed E-state index contributed by atoms with van der Waals surface area (Å²) in [5.74, 6) is -0.249. The largest absolute Gasteiger partial charge is 0.478 e. The highest BCUT2D eigenvalue weighted by atomic mass is 16.6. The number of anilines is 2. The first-order valence-electron chi connectivity index (χ1n) is 10.7. The van der Waals surface area contributed by atoms with E-state index in [9.17, 15) is 20.0 Å². The quantitative estimate of drug-likeness (QED) is 0.189. The standard InChI is InChI=1S/C24H22N6O4/c1-2-19-21(23(31)32)22(17-8-7-15-5-3-4-6-16(15)13-17)29-24(28-19)26-12-11-25-20-10-9-18(14-27-20)30(33)34/h3-10,13-14H,2,11-12H2,1H3,(H,25,27)(H,31,32)(H,26,28,29). The van der Waals surface area contributed by atoms with E-state index in [-0.39, 0.29) is 11.3 Å². The van der Waals surface area contributed by atoms with Crippen LogP contribution < -0.4 is 10.6 Å². The average Bonchev–Trinajstić information content (AvgIpc) is 2.85. The highest BCUT2D eigenvalue weighted by molar-refractivity contribution is 5.98. The number of carboxylic acid groups (broad SMARTS) is 1. The molecule has 0 saturated heterocycles. The zero-order valence-corrected chi connectivity index (χ0v) is 18.4. The number of nitrogens with one attached hydrogen (secondary N) is 2. The SMILES string of the molecule is CCc1nc(NCCNc2ccc([N+](=O)[O-])cn2)nc(-c2ccc3ccccc3c2)c1C(=O)O. The predicted molar refractivity (Wildman–Crippen MR) is 129 cm³/mol. The minimum Gasteiger partial charge on any atom is -0.478 e. The third kappa shape index (κ3) is 4.90. The van der Waals surface area contributed by atoms with Crippen molar-refractivity contribution in [1.82, 2.24) is 15.0 Å². The molecule has 0 amide bonds. The summed E-state index contributed by atoms with van der Waals surface area (Å²) in [6, 6.07) is 16.5. The normalized spacial score (nSPS) is 10.7. The van der Waals surface area contributed by atoms with Crippen molar-refractivity contribution in [2.24, 2.45) is 0 Å². The lowest BCUT2D eigenvalue weighted by Gasteiger charge is -2.14. The van der Waals surface area contributed by atoms with Gasteiger partial charge in [0.2, 0.25) is 5.95 Å². The number of benzene rings is 2. The van der Waals surface area contributed by atoms with Gasteiger partial charge in [0.05, 0.1) is 16.3 Å². The Balaban J connectivity index is 1.55. The summed E-state index contributed by atoms with van der Waals surface area (Å²) < 4.78 is 0. The molecule has 0 spiro atoms. The Morgan fingerprint density at radius 3 is 2.47 bits per heavy atom.